The molecule has 0 aliphatic rings. The third kappa shape index (κ3) is 5.26. The van der Waals surface area contributed by atoms with Gasteiger partial charge in [0, 0.05) is 6.54 Å². The first-order chi connectivity index (χ1) is 9.06. The molecule has 0 aliphatic heterocycles. The third-order valence-corrected chi connectivity index (χ3v) is 2.70. The molecule has 0 saturated heterocycles. The van der Waals surface area contributed by atoms with Gasteiger partial charge in [0.15, 0.2) is 11.6 Å². The number of esters is 1. The first kappa shape index (κ1) is 15.4. The van der Waals surface area contributed by atoms with E-state index >= 15 is 0 Å². The Balaban J connectivity index is 2.43. The summed E-state index contributed by atoms with van der Waals surface area (Å²) in [6.45, 7) is 3.06. The fourth-order valence-electron chi connectivity index (χ4n) is 1.69. The van der Waals surface area contributed by atoms with Gasteiger partial charge in [-0.25, -0.2) is 4.39 Å². The van der Waals surface area contributed by atoms with Crippen molar-refractivity contribution in [1.29, 1.82) is 0 Å². The van der Waals surface area contributed by atoms with Crippen molar-refractivity contribution in [1.82, 2.24) is 4.90 Å². The minimum Gasteiger partial charge on any atom is -0.494 e. The Bertz CT molecular complexity index is 423. The fraction of sp³-hybridized carbons (Fsp3) is 0.500. The molecule has 0 radical (unpaired) electrons. The van der Waals surface area contributed by atoms with Crippen LogP contribution in [0.5, 0.6) is 5.75 Å². The number of carbonyl (C=O) groups excluding carboxylic acids is 1. The van der Waals surface area contributed by atoms with Crippen LogP contribution in [0.1, 0.15) is 12.5 Å². The van der Waals surface area contributed by atoms with Crippen molar-refractivity contribution in [3.05, 3.63) is 29.6 Å². The molecule has 0 atom stereocenters. The number of benzene rings is 1. The lowest BCUT2D eigenvalue weighted by Crippen LogP contribution is -2.29. The van der Waals surface area contributed by atoms with E-state index in [1.165, 1.54) is 13.2 Å². The summed E-state index contributed by atoms with van der Waals surface area (Å²) < 4.78 is 23.2. The van der Waals surface area contributed by atoms with E-state index in [0.717, 1.165) is 5.56 Å². The van der Waals surface area contributed by atoms with Crippen LogP contribution in [0.2, 0.25) is 0 Å². The maximum atomic E-state index is 13.5. The monoisotopic (exact) mass is 269 g/mol. The second kappa shape index (κ2) is 7.74. The standard InChI is InChI=1S/C14H20FNO3/c1-4-19-14(17)10-16(2)8-7-11-5-6-13(18-3)12(15)9-11/h5-6,9H,4,7-8,10H2,1-3H3. The van der Waals surface area contributed by atoms with Gasteiger partial charge in [-0.1, -0.05) is 6.07 Å². The first-order valence-corrected chi connectivity index (χ1v) is 6.23. The smallest absolute Gasteiger partial charge is 0.320 e. The number of carbonyl (C=O) groups is 1. The Hall–Kier alpha value is -1.62. The van der Waals surface area contributed by atoms with E-state index in [2.05, 4.69) is 0 Å². The number of methoxy groups -OCH3 is 1. The second-order valence-corrected chi connectivity index (χ2v) is 4.26. The topological polar surface area (TPSA) is 38.8 Å². The number of nitrogens with zero attached hydrogens (tertiary/aromatic N) is 1. The van der Waals surface area contributed by atoms with Crippen LogP contribution in [-0.4, -0.2) is 44.7 Å². The number of hydrogen-bond donors (Lipinski definition) is 0. The fourth-order valence-corrected chi connectivity index (χ4v) is 1.69. The zero-order chi connectivity index (χ0) is 14.3. The zero-order valence-corrected chi connectivity index (χ0v) is 11.6. The van der Waals surface area contributed by atoms with E-state index in [4.69, 9.17) is 9.47 Å². The molecule has 1 aromatic rings. The molecule has 0 heterocycles. The highest BCUT2D eigenvalue weighted by Crippen LogP contribution is 2.17. The lowest BCUT2D eigenvalue weighted by molar-refractivity contribution is -0.144. The lowest BCUT2D eigenvalue weighted by Gasteiger charge is -2.15. The van der Waals surface area contributed by atoms with Gasteiger partial charge in [-0.3, -0.25) is 9.69 Å². The van der Waals surface area contributed by atoms with Crippen LogP contribution in [0.15, 0.2) is 18.2 Å². The number of hydrogen-bond acceptors (Lipinski definition) is 4. The Morgan fingerprint density at radius 2 is 2.16 bits per heavy atom. The number of halogens is 1. The largest absolute Gasteiger partial charge is 0.494 e. The number of likely N-dealkylation sites (N-methyl/N-ethyl adjacent to an activating group) is 1. The first-order valence-electron chi connectivity index (χ1n) is 6.23. The third-order valence-electron chi connectivity index (χ3n) is 2.70. The van der Waals surface area contributed by atoms with E-state index in [1.807, 2.05) is 18.0 Å². The van der Waals surface area contributed by atoms with E-state index in [1.54, 1.807) is 13.0 Å². The van der Waals surface area contributed by atoms with Crippen molar-refractivity contribution in [3.63, 3.8) is 0 Å². The summed E-state index contributed by atoms with van der Waals surface area (Å²) in [4.78, 5) is 13.1. The van der Waals surface area contributed by atoms with Gasteiger partial charge < -0.3 is 9.47 Å². The molecule has 106 valence electrons. The molecule has 0 aromatic heterocycles. The molecule has 0 fully saturated rings. The maximum absolute atomic E-state index is 13.5. The van der Waals surface area contributed by atoms with Crippen molar-refractivity contribution >= 4 is 5.97 Å². The van der Waals surface area contributed by atoms with Gasteiger partial charge in [0.05, 0.1) is 20.3 Å². The molecule has 0 N–H and O–H groups in total. The molecule has 1 rings (SSSR count). The molecule has 0 unspecified atom stereocenters. The summed E-state index contributed by atoms with van der Waals surface area (Å²) in [5, 5.41) is 0. The Morgan fingerprint density at radius 1 is 1.42 bits per heavy atom. The molecular weight excluding hydrogens is 249 g/mol. The van der Waals surface area contributed by atoms with Crippen LogP contribution >= 0.6 is 0 Å². The molecule has 0 aliphatic carbocycles. The van der Waals surface area contributed by atoms with Gasteiger partial charge >= 0.3 is 5.97 Å². The predicted molar refractivity (Wildman–Crippen MR) is 70.8 cm³/mol. The lowest BCUT2D eigenvalue weighted by atomic mass is 10.1. The molecule has 0 spiro atoms. The van der Waals surface area contributed by atoms with Crippen molar-refractivity contribution in [2.45, 2.75) is 13.3 Å². The Morgan fingerprint density at radius 3 is 2.74 bits per heavy atom. The van der Waals surface area contributed by atoms with Crippen molar-refractivity contribution in [2.24, 2.45) is 0 Å². The molecule has 1 aromatic carbocycles. The summed E-state index contributed by atoms with van der Waals surface area (Å²) in [7, 11) is 3.27. The average molecular weight is 269 g/mol. The van der Waals surface area contributed by atoms with Gasteiger partial charge in [0.2, 0.25) is 0 Å². The molecular formula is C14H20FNO3. The minimum absolute atomic E-state index is 0.239. The van der Waals surface area contributed by atoms with Gasteiger partial charge in [-0.15, -0.1) is 0 Å². The van der Waals surface area contributed by atoms with E-state index in [0.29, 0.717) is 19.6 Å². The normalized spacial score (nSPS) is 10.6. The summed E-state index contributed by atoms with van der Waals surface area (Å²) in [6.07, 6.45) is 0.664. The van der Waals surface area contributed by atoms with E-state index < -0.39 is 0 Å². The number of rotatable bonds is 7. The molecule has 0 amide bonds. The quantitative estimate of drug-likeness (QED) is 0.708. The molecule has 0 saturated carbocycles. The predicted octanol–water partition coefficient (Wildman–Crippen LogP) is 1.87. The van der Waals surface area contributed by atoms with Gasteiger partial charge in [0.25, 0.3) is 0 Å². The van der Waals surface area contributed by atoms with Crippen molar-refractivity contribution in [3.8, 4) is 5.75 Å². The van der Waals surface area contributed by atoms with Crippen molar-refractivity contribution in [2.75, 3.05) is 33.9 Å². The SMILES string of the molecule is CCOC(=O)CN(C)CCc1ccc(OC)c(F)c1. The van der Waals surface area contributed by atoms with E-state index in [-0.39, 0.29) is 24.1 Å². The van der Waals surface area contributed by atoms with Gasteiger partial charge in [-0.05, 0) is 38.1 Å². The molecule has 4 nitrogen and oxygen atoms in total. The van der Waals surface area contributed by atoms with Gasteiger partial charge in [0.1, 0.15) is 0 Å². The van der Waals surface area contributed by atoms with Crippen LogP contribution in [0.4, 0.5) is 4.39 Å². The minimum atomic E-state index is -0.368. The highest BCUT2D eigenvalue weighted by molar-refractivity contribution is 5.71. The van der Waals surface area contributed by atoms with Crippen LogP contribution in [-0.2, 0) is 16.0 Å². The molecule has 0 bridgehead atoms. The van der Waals surface area contributed by atoms with E-state index in [9.17, 15) is 9.18 Å². The average Bonchev–Trinajstić information content (AvgIpc) is 2.36. The Labute approximate surface area is 113 Å². The van der Waals surface area contributed by atoms with Crippen LogP contribution in [0.25, 0.3) is 0 Å². The Kier molecular flexibility index (Phi) is 6.29. The molecule has 5 heteroatoms. The summed E-state index contributed by atoms with van der Waals surface area (Å²) >= 11 is 0. The summed E-state index contributed by atoms with van der Waals surface area (Å²) in [5.74, 6) is -0.373. The van der Waals surface area contributed by atoms with Gasteiger partial charge in [-0.2, -0.15) is 0 Å². The van der Waals surface area contributed by atoms with Crippen LogP contribution < -0.4 is 4.74 Å². The van der Waals surface area contributed by atoms with Crippen LogP contribution in [0, 0.1) is 5.82 Å². The second-order valence-electron chi connectivity index (χ2n) is 4.26. The molecule has 19 heavy (non-hydrogen) atoms. The van der Waals surface area contributed by atoms with Crippen LogP contribution in [0.3, 0.4) is 0 Å². The summed E-state index contributed by atoms with van der Waals surface area (Å²) in [6, 6.07) is 4.88. The highest BCUT2D eigenvalue weighted by atomic mass is 19.1. The van der Waals surface area contributed by atoms with Crippen molar-refractivity contribution < 1.29 is 18.7 Å². The number of ether oxygens (including phenoxy) is 2. The zero-order valence-electron chi connectivity index (χ0n) is 11.6. The summed E-state index contributed by atoms with van der Waals surface area (Å²) in [5.41, 5.74) is 0.869. The maximum Gasteiger partial charge on any atom is 0.320 e. The highest BCUT2D eigenvalue weighted by Gasteiger charge is 2.08.